The molecule has 13 nitrogen and oxygen atoms in total. The van der Waals surface area contributed by atoms with Crippen molar-refractivity contribution in [3.8, 4) is 11.5 Å². The maximum absolute atomic E-state index is 13.1. The van der Waals surface area contributed by atoms with Gasteiger partial charge in [-0.3, -0.25) is 19.2 Å². The number of methoxy groups -OCH3 is 1. The average molecular weight is 599 g/mol. The number of hydrogen-bond acceptors (Lipinski definition) is 9. The van der Waals surface area contributed by atoms with Crippen molar-refractivity contribution in [2.24, 2.45) is 0 Å². The number of nitro benzene ring substituents is 1. The number of nitro groups is 1. The lowest BCUT2D eigenvalue weighted by molar-refractivity contribution is -0.384. The highest BCUT2D eigenvalue weighted by atomic mass is 32.2. The van der Waals surface area contributed by atoms with Gasteiger partial charge in [-0.05, 0) is 49.6 Å². The molecule has 0 saturated carbocycles. The van der Waals surface area contributed by atoms with Crippen LogP contribution in [0.4, 0.5) is 11.4 Å². The van der Waals surface area contributed by atoms with Gasteiger partial charge < -0.3 is 14.8 Å². The number of hydrogen-bond donors (Lipinski definition) is 1. The normalized spacial score (nSPS) is 15.2. The molecule has 2 aromatic carbocycles. The van der Waals surface area contributed by atoms with Crippen molar-refractivity contribution in [3.05, 3.63) is 52.6 Å². The predicted molar refractivity (Wildman–Crippen MR) is 149 cm³/mol. The predicted octanol–water partition coefficient (Wildman–Crippen LogP) is 2.52. The summed E-state index contributed by atoms with van der Waals surface area (Å²) in [4.78, 5) is 23.9. The molecule has 1 aliphatic rings. The van der Waals surface area contributed by atoms with Crippen molar-refractivity contribution in [2.75, 3.05) is 43.9 Å². The van der Waals surface area contributed by atoms with Crippen LogP contribution in [0.2, 0.25) is 0 Å². The molecule has 0 aromatic heterocycles. The number of benzene rings is 2. The highest BCUT2D eigenvalue weighted by Gasteiger charge is 2.34. The van der Waals surface area contributed by atoms with Gasteiger partial charge >= 0.3 is 0 Å². The molecule has 15 heteroatoms. The quantitative estimate of drug-likeness (QED) is 0.207. The van der Waals surface area contributed by atoms with E-state index in [1.165, 1.54) is 47.8 Å². The Bertz CT molecular complexity index is 1410. The van der Waals surface area contributed by atoms with Crippen LogP contribution in [-0.4, -0.2) is 77.6 Å². The zero-order valence-corrected chi connectivity index (χ0v) is 24.2. The first-order valence-corrected chi connectivity index (χ1v) is 16.0. The molecule has 1 N–H and O–H groups in total. The van der Waals surface area contributed by atoms with E-state index in [-0.39, 0.29) is 41.6 Å². The molecular formula is C25H34N4O9S2. The molecule has 0 radical (unpaired) electrons. The summed E-state index contributed by atoms with van der Waals surface area (Å²) in [5, 5.41) is 13.9. The van der Waals surface area contributed by atoms with E-state index in [9.17, 15) is 31.7 Å². The number of amides is 1. The summed E-state index contributed by atoms with van der Waals surface area (Å²) < 4.78 is 64.2. The molecule has 0 bridgehead atoms. The fourth-order valence-corrected chi connectivity index (χ4v) is 7.15. The van der Waals surface area contributed by atoms with E-state index in [1.54, 1.807) is 6.92 Å². The van der Waals surface area contributed by atoms with E-state index in [1.807, 2.05) is 0 Å². The maximum Gasteiger partial charge on any atom is 0.271 e. The minimum absolute atomic E-state index is 0.0207. The number of nitrogens with one attached hydrogen (secondary N) is 1. The Morgan fingerprint density at radius 1 is 1.10 bits per heavy atom. The third kappa shape index (κ3) is 7.40. The van der Waals surface area contributed by atoms with Crippen molar-refractivity contribution < 1.29 is 36.0 Å². The summed E-state index contributed by atoms with van der Waals surface area (Å²) >= 11 is 0. The standard InChI is InChI=1S/C25H34N4O9S2/c1-4-22(28(39(3,33)34)23-18-19(29(31)32)8-13-24(23)37-2)25(30)26-14-17-38-20-9-11-21(12-10-20)40(35,36)27-15-6-5-7-16-27/h8-13,18,22H,4-7,14-17H2,1-3H3,(H,26,30). The van der Waals surface area contributed by atoms with E-state index in [2.05, 4.69) is 5.32 Å². The van der Waals surface area contributed by atoms with Gasteiger partial charge in [-0.25, -0.2) is 16.8 Å². The molecule has 220 valence electrons. The molecule has 0 aliphatic carbocycles. The maximum atomic E-state index is 13.1. The number of nitrogens with zero attached hydrogens (tertiary/aromatic N) is 3. The van der Waals surface area contributed by atoms with Crippen LogP contribution in [0.3, 0.4) is 0 Å². The lowest BCUT2D eigenvalue weighted by Gasteiger charge is -2.30. The zero-order chi connectivity index (χ0) is 29.5. The van der Waals surface area contributed by atoms with Crippen LogP contribution in [0.1, 0.15) is 32.6 Å². The third-order valence-corrected chi connectivity index (χ3v) is 9.47. The summed E-state index contributed by atoms with van der Waals surface area (Å²) in [6, 6.07) is 8.30. The van der Waals surface area contributed by atoms with Crippen molar-refractivity contribution in [1.29, 1.82) is 0 Å². The molecule has 1 heterocycles. The second-order valence-electron chi connectivity index (χ2n) is 9.17. The van der Waals surface area contributed by atoms with Crippen molar-refractivity contribution >= 4 is 37.3 Å². The van der Waals surface area contributed by atoms with Gasteiger partial charge in [-0.2, -0.15) is 4.31 Å². The Balaban J connectivity index is 1.66. The first-order chi connectivity index (χ1) is 18.9. The topological polar surface area (TPSA) is 165 Å². The zero-order valence-electron chi connectivity index (χ0n) is 22.6. The summed E-state index contributed by atoms with van der Waals surface area (Å²) in [6.07, 6.45) is 3.67. The molecule has 0 spiro atoms. The van der Waals surface area contributed by atoms with Gasteiger partial charge in [0.2, 0.25) is 26.0 Å². The second-order valence-corrected chi connectivity index (χ2v) is 13.0. The number of non-ortho nitro benzene ring substituents is 1. The Morgan fingerprint density at radius 2 is 1.75 bits per heavy atom. The molecule has 1 unspecified atom stereocenters. The number of piperidine rings is 1. The highest BCUT2D eigenvalue weighted by Crippen LogP contribution is 2.35. The first kappa shape index (κ1) is 31.1. The molecule has 1 aliphatic heterocycles. The summed E-state index contributed by atoms with van der Waals surface area (Å²) in [5.74, 6) is -0.178. The van der Waals surface area contributed by atoms with Crippen molar-refractivity contribution in [1.82, 2.24) is 9.62 Å². The number of carbonyl (C=O) groups is 1. The molecule has 3 rings (SSSR count). The van der Waals surface area contributed by atoms with Gasteiger partial charge in [-0.1, -0.05) is 13.3 Å². The second kappa shape index (κ2) is 13.3. The van der Waals surface area contributed by atoms with Crippen LogP contribution < -0.4 is 19.1 Å². The number of sulfonamides is 2. The smallest absolute Gasteiger partial charge is 0.271 e. The third-order valence-electron chi connectivity index (χ3n) is 6.39. The first-order valence-electron chi connectivity index (χ1n) is 12.7. The van der Waals surface area contributed by atoms with Gasteiger partial charge in [0, 0.05) is 25.2 Å². The summed E-state index contributed by atoms with van der Waals surface area (Å²) in [5.41, 5.74) is -0.486. The van der Waals surface area contributed by atoms with Crippen LogP contribution in [0.25, 0.3) is 0 Å². The summed E-state index contributed by atoms with van der Waals surface area (Å²) in [7, 11) is -6.33. The van der Waals surface area contributed by atoms with Crippen LogP contribution in [-0.2, 0) is 24.8 Å². The SMILES string of the molecule is CCC(C(=O)NCCOc1ccc(S(=O)(=O)N2CCCCC2)cc1)N(c1cc([N+](=O)[O-])ccc1OC)S(C)(=O)=O. The Morgan fingerprint density at radius 3 is 2.30 bits per heavy atom. The van der Waals surface area contributed by atoms with E-state index in [0.29, 0.717) is 18.8 Å². The molecular weight excluding hydrogens is 564 g/mol. The van der Waals surface area contributed by atoms with Crippen LogP contribution in [0.5, 0.6) is 11.5 Å². The Labute approximate surface area is 234 Å². The largest absolute Gasteiger partial charge is 0.495 e. The molecule has 1 atom stereocenters. The number of ether oxygens (including phenoxy) is 2. The lowest BCUT2D eigenvalue weighted by atomic mass is 10.1. The Kier molecular flexibility index (Phi) is 10.3. The molecule has 40 heavy (non-hydrogen) atoms. The molecule has 2 aromatic rings. The van der Waals surface area contributed by atoms with E-state index < -0.39 is 36.9 Å². The van der Waals surface area contributed by atoms with Gasteiger partial charge in [-0.15, -0.1) is 0 Å². The highest BCUT2D eigenvalue weighted by molar-refractivity contribution is 7.92. The monoisotopic (exact) mass is 598 g/mol. The fourth-order valence-electron chi connectivity index (χ4n) is 4.42. The number of carbonyl (C=O) groups excluding carboxylic acids is 1. The average Bonchev–Trinajstić information content (AvgIpc) is 2.93. The van der Waals surface area contributed by atoms with Gasteiger partial charge in [0.05, 0.1) is 29.7 Å². The number of rotatable bonds is 13. The van der Waals surface area contributed by atoms with Crippen molar-refractivity contribution in [3.63, 3.8) is 0 Å². The van der Waals surface area contributed by atoms with E-state index in [4.69, 9.17) is 9.47 Å². The van der Waals surface area contributed by atoms with Gasteiger partial charge in [0.25, 0.3) is 5.69 Å². The van der Waals surface area contributed by atoms with Gasteiger partial charge in [0.1, 0.15) is 29.8 Å². The van der Waals surface area contributed by atoms with Crippen molar-refractivity contribution in [2.45, 2.75) is 43.5 Å². The minimum Gasteiger partial charge on any atom is -0.495 e. The number of anilines is 1. The molecule has 1 fully saturated rings. The molecule has 1 amide bonds. The molecule has 1 saturated heterocycles. The Hall–Kier alpha value is -3.43. The van der Waals surface area contributed by atoms with Crippen LogP contribution in [0, 0.1) is 10.1 Å². The van der Waals surface area contributed by atoms with E-state index in [0.717, 1.165) is 35.9 Å². The fraction of sp³-hybridized carbons (Fsp3) is 0.480. The van der Waals surface area contributed by atoms with Crippen LogP contribution >= 0.6 is 0 Å². The van der Waals surface area contributed by atoms with Gasteiger partial charge in [0.15, 0.2) is 0 Å². The van der Waals surface area contributed by atoms with Crippen LogP contribution in [0.15, 0.2) is 47.4 Å². The van der Waals surface area contributed by atoms with E-state index >= 15 is 0 Å². The lowest BCUT2D eigenvalue weighted by Crippen LogP contribution is -2.50. The minimum atomic E-state index is -4.06. The summed E-state index contributed by atoms with van der Waals surface area (Å²) in [6.45, 7) is 2.67.